The van der Waals surface area contributed by atoms with Crippen LogP contribution in [0.2, 0.25) is 0 Å². The van der Waals surface area contributed by atoms with Gasteiger partial charge in [-0.3, -0.25) is 0 Å². The van der Waals surface area contributed by atoms with Crippen molar-refractivity contribution in [3.63, 3.8) is 0 Å². The van der Waals surface area contributed by atoms with E-state index in [1.807, 2.05) is 0 Å². The largest absolute Gasteiger partial charge is 0.384 e. The molecule has 4 heteroatoms. The van der Waals surface area contributed by atoms with Gasteiger partial charge in [0.25, 0.3) is 0 Å². The molecule has 4 saturated carbocycles. The molecule has 0 aromatic carbocycles. The van der Waals surface area contributed by atoms with E-state index in [9.17, 15) is 0 Å². The summed E-state index contributed by atoms with van der Waals surface area (Å²) in [6.45, 7) is 0.451. The lowest BCUT2D eigenvalue weighted by atomic mass is 9.51. The first-order chi connectivity index (χ1) is 9.22. The molecule has 102 valence electrons. The van der Waals surface area contributed by atoms with Crippen LogP contribution in [0, 0.1) is 23.7 Å². The van der Waals surface area contributed by atoms with Crippen LogP contribution in [-0.2, 0) is 6.54 Å². The fraction of sp³-hybridized carbons (Fsp3) is 0.733. The van der Waals surface area contributed by atoms with E-state index in [4.69, 9.17) is 11.5 Å². The summed E-state index contributed by atoms with van der Waals surface area (Å²) < 4.78 is 0. The molecule has 19 heavy (non-hydrogen) atoms. The first kappa shape index (κ1) is 11.6. The topological polar surface area (TPSA) is 77.8 Å². The average Bonchev–Trinajstić information content (AvgIpc) is 2.36. The predicted molar refractivity (Wildman–Crippen MR) is 74.1 cm³/mol. The van der Waals surface area contributed by atoms with Gasteiger partial charge in [0.05, 0.1) is 5.69 Å². The fourth-order valence-electron chi connectivity index (χ4n) is 5.14. The van der Waals surface area contributed by atoms with Crippen molar-refractivity contribution in [2.45, 2.75) is 44.6 Å². The van der Waals surface area contributed by atoms with Crippen molar-refractivity contribution in [3.05, 3.63) is 17.6 Å². The van der Waals surface area contributed by atoms with Crippen LogP contribution in [0.5, 0.6) is 0 Å². The highest BCUT2D eigenvalue weighted by molar-refractivity contribution is 5.31. The standard InChI is InChI=1S/C15H22N4/c16-7-12-6-13(17)19-15(18-12)14-10-2-8-1-9(4-10)5-11(14)3-8/h6,8-11,14H,1-5,7,16H2,(H2,17,18,19). The van der Waals surface area contributed by atoms with Crippen LogP contribution < -0.4 is 11.5 Å². The Bertz CT molecular complexity index is 471. The molecule has 1 aromatic rings. The highest BCUT2D eigenvalue weighted by Crippen LogP contribution is 2.59. The first-order valence-corrected chi connectivity index (χ1v) is 7.56. The molecule has 4 N–H and O–H groups in total. The molecule has 0 atom stereocenters. The highest BCUT2D eigenvalue weighted by atomic mass is 15.0. The summed E-state index contributed by atoms with van der Waals surface area (Å²) in [6, 6.07) is 1.81. The Labute approximate surface area is 114 Å². The number of rotatable bonds is 2. The monoisotopic (exact) mass is 258 g/mol. The Hall–Kier alpha value is -1.16. The van der Waals surface area contributed by atoms with E-state index in [0.29, 0.717) is 18.3 Å². The normalized spacial score (nSPS) is 39.7. The third-order valence-corrected chi connectivity index (χ3v) is 5.55. The van der Waals surface area contributed by atoms with Gasteiger partial charge in [-0.2, -0.15) is 0 Å². The zero-order valence-corrected chi connectivity index (χ0v) is 11.3. The molecule has 1 aromatic heterocycles. The lowest BCUT2D eigenvalue weighted by molar-refractivity contribution is -0.00566. The van der Waals surface area contributed by atoms with Gasteiger partial charge in [0, 0.05) is 18.5 Å². The second-order valence-corrected chi connectivity index (χ2v) is 6.80. The van der Waals surface area contributed by atoms with Gasteiger partial charge in [-0.25, -0.2) is 9.97 Å². The van der Waals surface area contributed by atoms with Crippen molar-refractivity contribution in [3.8, 4) is 0 Å². The predicted octanol–water partition coefficient (Wildman–Crippen LogP) is 2.06. The molecule has 4 bridgehead atoms. The summed E-state index contributed by atoms with van der Waals surface area (Å²) in [5.41, 5.74) is 12.5. The van der Waals surface area contributed by atoms with E-state index >= 15 is 0 Å². The van der Waals surface area contributed by atoms with Crippen LogP contribution in [0.15, 0.2) is 6.07 Å². The Kier molecular flexibility index (Phi) is 2.56. The number of aromatic nitrogens is 2. The van der Waals surface area contributed by atoms with Crippen LogP contribution in [0.25, 0.3) is 0 Å². The number of hydrogen-bond acceptors (Lipinski definition) is 4. The smallest absolute Gasteiger partial charge is 0.134 e. The quantitative estimate of drug-likeness (QED) is 0.851. The molecule has 5 rings (SSSR count). The molecule has 4 aliphatic rings. The molecular weight excluding hydrogens is 236 g/mol. The highest BCUT2D eigenvalue weighted by Gasteiger charge is 2.49. The van der Waals surface area contributed by atoms with E-state index in [2.05, 4.69) is 9.97 Å². The summed E-state index contributed by atoms with van der Waals surface area (Å²) in [5.74, 6) is 5.66. The van der Waals surface area contributed by atoms with Crippen molar-refractivity contribution in [1.29, 1.82) is 0 Å². The molecule has 4 aliphatic carbocycles. The van der Waals surface area contributed by atoms with Crippen LogP contribution in [0.4, 0.5) is 5.82 Å². The Morgan fingerprint density at radius 1 is 1.00 bits per heavy atom. The summed E-state index contributed by atoms with van der Waals surface area (Å²) >= 11 is 0. The number of nitrogens with two attached hydrogens (primary N) is 2. The second kappa shape index (κ2) is 4.17. The Morgan fingerprint density at radius 2 is 1.63 bits per heavy atom. The van der Waals surface area contributed by atoms with Gasteiger partial charge < -0.3 is 11.5 Å². The maximum absolute atomic E-state index is 5.92. The first-order valence-electron chi connectivity index (χ1n) is 7.56. The third kappa shape index (κ3) is 1.84. The lowest BCUT2D eigenvalue weighted by Crippen LogP contribution is -2.44. The summed E-state index contributed by atoms with van der Waals surface area (Å²) in [6.07, 6.45) is 7.01. The van der Waals surface area contributed by atoms with E-state index in [1.54, 1.807) is 6.07 Å². The molecule has 4 fully saturated rings. The van der Waals surface area contributed by atoms with E-state index in [-0.39, 0.29) is 0 Å². The molecule has 0 unspecified atom stereocenters. The molecule has 0 amide bonds. The van der Waals surface area contributed by atoms with Crippen molar-refractivity contribution in [2.75, 3.05) is 5.73 Å². The molecular formula is C15H22N4. The van der Waals surface area contributed by atoms with Crippen LogP contribution >= 0.6 is 0 Å². The van der Waals surface area contributed by atoms with Gasteiger partial charge >= 0.3 is 0 Å². The van der Waals surface area contributed by atoms with Gasteiger partial charge in [-0.05, 0) is 55.8 Å². The minimum atomic E-state index is 0.451. The maximum atomic E-state index is 5.92. The van der Waals surface area contributed by atoms with Crippen LogP contribution in [0.3, 0.4) is 0 Å². The van der Waals surface area contributed by atoms with Crippen LogP contribution in [0.1, 0.15) is 49.5 Å². The number of nitrogens with zero attached hydrogens (tertiary/aromatic N) is 2. The van der Waals surface area contributed by atoms with Crippen molar-refractivity contribution in [1.82, 2.24) is 9.97 Å². The minimum Gasteiger partial charge on any atom is -0.384 e. The number of nitrogen functional groups attached to an aromatic ring is 1. The molecule has 0 spiro atoms. The van der Waals surface area contributed by atoms with E-state index in [1.165, 1.54) is 32.1 Å². The summed E-state index contributed by atoms with van der Waals surface area (Å²) in [7, 11) is 0. The third-order valence-electron chi connectivity index (χ3n) is 5.55. The lowest BCUT2D eigenvalue weighted by Gasteiger charge is -2.53. The van der Waals surface area contributed by atoms with Crippen molar-refractivity contribution >= 4 is 5.82 Å². The van der Waals surface area contributed by atoms with Crippen molar-refractivity contribution < 1.29 is 0 Å². The average molecular weight is 258 g/mol. The molecule has 1 heterocycles. The van der Waals surface area contributed by atoms with Gasteiger partial charge in [-0.1, -0.05) is 0 Å². The summed E-state index contributed by atoms with van der Waals surface area (Å²) in [4.78, 5) is 9.22. The Morgan fingerprint density at radius 3 is 2.21 bits per heavy atom. The minimum absolute atomic E-state index is 0.451. The number of hydrogen-bond donors (Lipinski definition) is 2. The molecule has 0 radical (unpaired) electrons. The van der Waals surface area contributed by atoms with Gasteiger partial charge in [0.2, 0.25) is 0 Å². The molecule has 0 saturated heterocycles. The summed E-state index contributed by atoms with van der Waals surface area (Å²) in [5, 5.41) is 0. The Balaban J connectivity index is 1.70. The molecule has 4 nitrogen and oxygen atoms in total. The SMILES string of the molecule is NCc1cc(N)nc(C2C3CC4CC(C3)CC2C4)n1. The van der Waals surface area contributed by atoms with Gasteiger partial charge in [-0.15, -0.1) is 0 Å². The zero-order chi connectivity index (χ0) is 13.0. The second-order valence-electron chi connectivity index (χ2n) is 6.80. The van der Waals surface area contributed by atoms with E-state index in [0.717, 1.165) is 35.2 Å². The van der Waals surface area contributed by atoms with Crippen LogP contribution in [-0.4, -0.2) is 9.97 Å². The maximum Gasteiger partial charge on any atom is 0.134 e. The van der Waals surface area contributed by atoms with Gasteiger partial charge in [0.1, 0.15) is 11.6 Å². The molecule has 0 aliphatic heterocycles. The van der Waals surface area contributed by atoms with Gasteiger partial charge in [0.15, 0.2) is 0 Å². The zero-order valence-electron chi connectivity index (χ0n) is 11.3. The number of anilines is 1. The van der Waals surface area contributed by atoms with E-state index < -0.39 is 0 Å². The fourth-order valence-corrected chi connectivity index (χ4v) is 5.14. The van der Waals surface area contributed by atoms with Crippen molar-refractivity contribution in [2.24, 2.45) is 29.4 Å².